The number of rotatable bonds is 5. The Morgan fingerprint density at radius 2 is 1.64 bits per heavy atom. The molecule has 2 rings (SSSR count). The van der Waals surface area contributed by atoms with Gasteiger partial charge in [0, 0.05) is 0 Å². The number of sulfonamides is 1. The fourth-order valence-corrected chi connectivity index (χ4v) is 3.80. The summed E-state index contributed by atoms with van der Waals surface area (Å²) in [5.41, 5.74) is 0.839. The molecular formula is C15H11BrClNO3S. The van der Waals surface area contributed by atoms with Crippen LogP contribution in [-0.4, -0.2) is 13.7 Å². The van der Waals surface area contributed by atoms with Crippen LogP contribution in [0.25, 0.3) is 6.08 Å². The molecule has 2 aromatic rings. The lowest BCUT2D eigenvalue weighted by Crippen LogP contribution is -2.21. The number of allylic oxidation sites excluding steroid dienone is 1. The molecule has 0 bridgehead atoms. The van der Waals surface area contributed by atoms with E-state index >= 15 is 0 Å². The monoisotopic (exact) mass is 399 g/mol. The Kier molecular flexibility index (Phi) is 5.39. The number of anilines is 1. The van der Waals surface area contributed by atoms with Gasteiger partial charge in [0.2, 0.25) is 5.24 Å². The van der Waals surface area contributed by atoms with Crippen molar-refractivity contribution in [1.82, 2.24) is 0 Å². The Bertz CT molecular complexity index is 807. The highest BCUT2D eigenvalue weighted by Crippen LogP contribution is 2.29. The van der Waals surface area contributed by atoms with Gasteiger partial charge in [-0.25, -0.2) is 8.42 Å². The third kappa shape index (κ3) is 3.76. The number of para-hydroxylation sites is 1. The quantitative estimate of drug-likeness (QED) is 0.433. The van der Waals surface area contributed by atoms with Crippen LogP contribution >= 0.6 is 27.7 Å². The first-order chi connectivity index (χ1) is 10.4. The van der Waals surface area contributed by atoms with Gasteiger partial charge in [-0.15, -0.1) is 0 Å². The lowest BCUT2D eigenvalue weighted by molar-refractivity contribution is -0.107. The summed E-state index contributed by atoms with van der Waals surface area (Å²) in [6.45, 7) is 0. The zero-order valence-corrected chi connectivity index (χ0v) is 14.3. The van der Waals surface area contributed by atoms with Gasteiger partial charge in [0.1, 0.15) is 0 Å². The fourth-order valence-electron chi connectivity index (χ4n) is 1.78. The van der Waals surface area contributed by atoms with E-state index in [-0.39, 0.29) is 4.90 Å². The number of carbonyl (C=O) groups excluding carboxylic acids is 1. The van der Waals surface area contributed by atoms with E-state index in [0.29, 0.717) is 11.3 Å². The van der Waals surface area contributed by atoms with Crippen LogP contribution in [0.5, 0.6) is 0 Å². The predicted molar refractivity (Wildman–Crippen MR) is 91.4 cm³/mol. The maximum absolute atomic E-state index is 12.7. The van der Waals surface area contributed by atoms with Gasteiger partial charge in [-0.05, 0) is 47.5 Å². The maximum atomic E-state index is 12.7. The van der Waals surface area contributed by atoms with Gasteiger partial charge >= 0.3 is 0 Å². The van der Waals surface area contributed by atoms with E-state index in [9.17, 15) is 13.2 Å². The summed E-state index contributed by atoms with van der Waals surface area (Å²) in [5, 5.41) is -0.675. The van der Waals surface area contributed by atoms with Gasteiger partial charge in [0.25, 0.3) is 10.0 Å². The summed E-state index contributed by atoms with van der Waals surface area (Å²) in [6.07, 6.45) is 2.48. The first-order valence-electron chi connectivity index (χ1n) is 6.15. The second kappa shape index (κ2) is 7.09. The molecule has 7 heteroatoms. The molecule has 0 amide bonds. The van der Waals surface area contributed by atoms with Crippen molar-refractivity contribution in [2.45, 2.75) is 4.90 Å². The standard InChI is InChI=1S/C15H11BrClNO3S/c16-18(13-7-2-1-3-8-13)22(20,21)14-9-5-4-6-12(14)10-11-15(17)19/h1-11H. The molecule has 0 radical (unpaired) electrons. The molecule has 0 N–H and O–H groups in total. The third-order valence-corrected chi connectivity index (χ3v) is 6.00. The molecule has 0 spiro atoms. The number of nitrogens with zero attached hydrogens (tertiary/aromatic N) is 1. The van der Waals surface area contributed by atoms with Crippen LogP contribution < -0.4 is 3.33 Å². The zero-order chi connectivity index (χ0) is 16.2. The highest BCUT2D eigenvalue weighted by Gasteiger charge is 2.24. The second-order valence-corrected chi connectivity index (χ2v) is 7.54. The Hall–Kier alpha value is -1.63. The lowest BCUT2D eigenvalue weighted by atomic mass is 10.2. The molecular weight excluding hydrogens is 390 g/mol. The summed E-state index contributed by atoms with van der Waals surface area (Å²) in [5.74, 6) is 0. The molecule has 114 valence electrons. The molecule has 4 nitrogen and oxygen atoms in total. The molecule has 0 unspecified atom stereocenters. The predicted octanol–water partition coefficient (Wildman–Crippen LogP) is 3.97. The topological polar surface area (TPSA) is 54.5 Å². The summed E-state index contributed by atoms with van der Waals surface area (Å²) in [7, 11) is -3.83. The van der Waals surface area contributed by atoms with E-state index in [4.69, 9.17) is 11.6 Å². The van der Waals surface area contributed by atoms with Gasteiger partial charge in [0.05, 0.1) is 26.7 Å². The van der Waals surface area contributed by atoms with Crippen molar-refractivity contribution in [2.75, 3.05) is 3.33 Å². The highest BCUT2D eigenvalue weighted by molar-refractivity contribution is 9.11. The zero-order valence-electron chi connectivity index (χ0n) is 11.2. The van der Waals surface area contributed by atoms with Gasteiger partial charge in [-0.3, -0.25) is 4.79 Å². The Morgan fingerprint density at radius 3 is 2.27 bits per heavy atom. The van der Waals surface area contributed by atoms with E-state index in [1.807, 2.05) is 0 Å². The van der Waals surface area contributed by atoms with Crippen molar-refractivity contribution in [3.63, 3.8) is 0 Å². The van der Waals surface area contributed by atoms with Crippen LogP contribution in [0.15, 0.2) is 65.6 Å². The number of benzene rings is 2. The number of carbonyl (C=O) groups is 1. The van der Waals surface area contributed by atoms with Crippen molar-refractivity contribution in [3.8, 4) is 0 Å². The largest absolute Gasteiger partial charge is 0.276 e. The molecule has 0 fully saturated rings. The van der Waals surface area contributed by atoms with Crippen molar-refractivity contribution in [2.24, 2.45) is 0 Å². The number of hydrogen-bond acceptors (Lipinski definition) is 3. The minimum atomic E-state index is -3.83. The van der Waals surface area contributed by atoms with Crippen LogP contribution in [0.2, 0.25) is 0 Å². The first-order valence-corrected chi connectivity index (χ1v) is 8.68. The lowest BCUT2D eigenvalue weighted by Gasteiger charge is -2.18. The molecule has 22 heavy (non-hydrogen) atoms. The number of halogens is 2. The Balaban J connectivity index is 2.48. The molecule has 0 aliphatic heterocycles. The smallest absolute Gasteiger partial charge is 0.274 e. The Labute approximate surface area is 142 Å². The van der Waals surface area contributed by atoms with Crippen LogP contribution in [0.1, 0.15) is 5.56 Å². The molecule has 2 aromatic carbocycles. The highest BCUT2D eigenvalue weighted by atomic mass is 79.9. The normalized spacial score (nSPS) is 11.5. The number of hydrogen-bond donors (Lipinski definition) is 0. The van der Waals surface area contributed by atoms with E-state index in [1.54, 1.807) is 48.5 Å². The minimum Gasteiger partial charge on any atom is -0.276 e. The van der Waals surface area contributed by atoms with E-state index in [2.05, 4.69) is 16.1 Å². The van der Waals surface area contributed by atoms with Gasteiger partial charge < -0.3 is 0 Å². The van der Waals surface area contributed by atoms with Crippen LogP contribution in [0, 0.1) is 0 Å². The fraction of sp³-hybridized carbons (Fsp3) is 0. The van der Waals surface area contributed by atoms with Gasteiger partial charge in [-0.2, -0.15) is 3.33 Å². The first kappa shape index (κ1) is 16.7. The summed E-state index contributed by atoms with van der Waals surface area (Å²) in [6, 6.07) is 14.9. The molecule has 0 saturated carbocycles. The average Bonchev–Trinajstić information content (AvgIpc) is 2.53. The van der Waals surface area contributed by atoms with Gasteiger partial charge in [-0.1, -0.05) is 36.4 Å². The molecule has 0 aliphatic carbocycles. The van der Waals surface area contributed by atoms with Crippen molar-refractivity contribution in [3.05, 3.63) is 66.2 Å². The van der Waals surface area contributed by atoms with Crippen LogP contribution in [0.4, 0.5) is 5.69 Å². The van der Waals surface area contributed by atoms with Crippen molar-refractivity contribution >= 4 is 54.8 Å². The SMILES string of the molecule is O=C(Cl)C=Cc1ccccc1S(=O)(=O)N(Br)c1ccccc1. The van der Waals surface area contributed by atoms with Crippen LogP contribution in [0.3, 0.4) is 0 Å². The molecule has 0 aromatic heterocycles. The molecule has 0 aliphatic rings. The Morgan fingerprint density at radius 1 is 1.05 bits per heavy atom. The summed E-state index contributed by atoms with van der Waals surface area (Å²) in [4.78, 5) is 10.9. The van der Waals surface area contributed by atoms with Gasteiger partial charge in [0.15, 0.2) is 0 Å². The third-order valence-electron chi connectivity index (χ3n) is 2.76. The summed E-state index contributed by atoms with van der Waals surface area (Å²) >= 11 is 8.34. The molecule has 0 atom stereocenters. The molecule has 0 heterocycles. The molecule has 0 saturated heterocycles. The second-order valence-electron chi connectivity index (χ2n) is 4.23. The maximum Gasteiger partial charge on any atom is 0.274 e. The minimum absolute atomic E-state index is 0.0601. The van der Waals surface area contributed by atoms with E-state index in [0.717, 1.165) is 9.41 Å². The van der Waals surface area contributed by atoms with Crippen molar-refractivity contribution < 1.29 is 13.2 Å². The average molecular weight is 401 g/mol. The van der Waals surface area contributed by atoms with E-state index < -0.39 is 15.3 Å². The summed E-state index contributed by atoms with van der Waals surface area (Å²) < 4.78 is 26.5. The van der Waals surface area contributed by atoms with Crippen molar-refractivity contribution in [1.29, 1.82) is 0 Å². The van der Waals surface area contributed by atoms with E-state index in [1.165, 1.54) is 12.1 Å². The van der Waals surface area contributed by atoms with Crippen LogP contribution in [-0.2, 0) is 14.8 Å².